The Morgan fingerprint density at radius 2 is 1.82 bits per heavy atom. The molecule has 0 saturated carbocycles. The largest absolute Gasteiger partial charge is 0.387 e. The molecule has 10 heteroatoms. The van der Waals surface area contributed by atoms with Crippen molar-refractivity contribution in [2.75, 3.05) is 31.6 Å². The minimum atomic E-state index is -0.839. The molecule has 0 aliphatic carbocycles. The molecule has 1 heterocycles. The highest BCUT2D eigenvalue weighted by atomic mass is 19.1. The molecular formula is C29H39FN4O5. The Hall–Kier alpha value is -3.34. The van der Waals surface area contributed by atoms with Gasteiger partial charge < -0.3 is 20.1 Å². The molecule has 0 bridgehead atoms. The van der Waals surface area contributed by atoms with E-state index in [0.717, 1.165) is 29.8 Å². The van der Waals surface area contributed by atoms with Gasteiger partial charge in [-0.1, -0.05) is 18.2 Å². The van der Waals surface area contributed by atoms with E-state index >= 15 is 0 Å². The average Bonchev–Trinajstić information content (AvgIpc) is 2.83. The van der Waals surface area contributed by atoms with Gasteiger partial charge in [0.15, 0.2) is 0 Å². The molecule has 1 saturated heterocycles. The molecule has 9 nitrogen and oxygen atoms in total. The summed E-state index contributed by atoms with van der Waals surface area (Å²) in [6.45, 7) is 11.6. The lowest BCUT2D eigenvalue weighted by Gasteiger charge is -2.47. The van der Waals surface area contributed by atoms with Crippen LogP contribution in [0.1, 0.15) is 49.9 Å². The van der Waals surface area contributed by atoms with E-state index in [4.69, 9.17) is 9.84 Å². The summed E-state index contributed by atoms with van der Waals surface area (Å²) in [6.07, 6.45) is 0.524. The second-order valence-corrected chi connectivity index (χ2v) is 11.3. The van der Waals surface area contributed by atoms with Crippen molar-refractivity contribution in [1.82, 2.24) is 15.1 Å². The van der Waals surface area contributed by atoms with Gasteiger partial charge in [0.2, 0.25) is 12.3 Å². The van der Waals surface area contributed by atoms with Gasteiger partial charge in [-0.3, -0.25) is 24.6 Å². The maximum absolute atomic E-state index is 14.8. The molecule has 0 atom stereocenters. The average molecular weight is 543 g/mol. The molecule has 0 unspecified atom stereocenters. The summed E-state index contributed by atoms with van der Waals surface area (Å²) in [4.78, 5) is 38.5. The van der Waals surface area contributed by atoms with Crippen LogP contribution in [0.3, 0.4) is 0 Å². The van der Waals surface area contributed by atoms with Gasteiger partial charge in [0.05, 0.1) is 11.2 Å². The number of amides is 3. The number of benzene rings is 2. The number of carbonyl (C=O) groups excluding carboxylic acids is 3. The van der Waals surface area contributed by atoms with Crippen LogP contribution in [0.5, 0.6) is 0 Å². The minimum absolute atomic E-state index is 0.102. The number of hydrogen-bond acceptors (Lipinski definition) is 7. The van der Waals surface area contributed by atoms with Crippen LogP contribution < -0.4 is 10.6 Å². The molecule has 0 aromatic heterocycles. The Morgan fingerprint density at radius 1 is 1.13 bits per heavy atom. The number of aliphatic hydroxyl groups excluding tert-OH is 1. The lowest BCUT2D eigenvalue weighted by molar-refractivity contribution is -0.182. The first kappa shape index (κ1) is 30.2. The summed E-state index contributed by atoms with van der Waals surface area (Å²) in [5.74, 6) is -1.85. The summed E-state index contributed by atoms with van der Waals surface area (Å²) in [7, 11) is 0. The third-order valence-corrected chi connectivity index (χ3v) is 6.44. The molecule has 1 aliphatic rings. The molecule has 2 aromatic carbocycles. The zero-order valence-electron chi connectivity index (χ0n) is 23.3. The second kappa shape index (κ2) is 12.7. The van der Waals surface area contributed by atoms with Crippen molar-refractivity contribution in [3.63, 3.8) is 0 Å². The van der Waals surface area contributed by atoms with Gasteiger partial charge in [0.1, 0.15) is 19.0 Å². The van der Waals surface area contributed by atoms with Crippen molar-refractivity contribution in [1.29, 1.82) is 0 Å². The molecule has 3 amide bonds. The van der Waals surface area contributed by atoms with Crippen LogP contribution in [0.15, 0.2) is 36.4 Å². The van der Waals surface area contributed by atoms with Crippen LogP contribution in [0, 0.1) is 12.7 Å². The highest BCUT2D eigenvalue weighted by Gasteiger charge is 2.37. The van der Waals surface area contributed by atoms with Crippen molar-refractivity contribution >= 4 is 23.9 Å². The monoisotopic (exact) mass is 542 g/mol. The number of aliphatic hydroxyl groups is 1. The lowest BCUT2D eigenvalue weighted by Crippen LogP contribution is -2.56. The summed E-state index contributed by atoms with van der Waals surface area (Å²) in [5.41, 5.74) is 3.31. The van der Waals surface area contributed by atoms with Crippen LogP contribution in [0.4, 0.5) is 10.1 Å². The topological polar surface area (TPSA) is 111 Å². The highest BCUT2D eigenvalue weighted by Crippen LogP contribution is 2.29. The lowest BCUT2D eigenvalue weighted by atomic mass is 9.98. The number of nitrogens with zero attached hydrogens (tertiary/aromatic N) is 2. The Kier molecular flexibility index (Phi) is 9.82. The number of imide groups is 1. The predicted octanol–water partition coefficient (Wildman–Crippen LogP) is 2.73. The third kappa shape index (κ3) is 8.84. The number of nitrogens with one attached hydrogen (secondary N) is 2. The van der Waals surface area contributed by atoms with Crippen molar-refractivity contribution in [3.05, 3.63) is 64.5 Å². The van der Waals surface area contributed by atoms with E-state index in [1.807, 2.05) is 36.5 Å². The number of morpholine rings is 1. The Labute approximate surface area is 229 Å². The Balaban J connectivity index is 1.71. The number of halogens is 1. The maximum atomic E-state index is 14.8. The van der Waals surface area contributed by atoms with E-state index in [1.165, 1.54) is 11.0 Å². The van der Waals surface area contributed by atoms with Crippen LogP contribution >= 0.6 is 0 Å². The third-order valence-electron chi connectivity index (χ3n) is 6.44. The van der Waals surface area contributed by atoms with Gasteiger partial charge in [-0.05, 0) is 69.5 Å². The fraction of sp³-hybridized carbons (Fsp3) is 0.483. The number of aryl methyl sites for hydroxylation is 1. The minimum Gasteiger partial charge on any atom is -0.387 e. The summed E-state index contributed by atoms with van der Waals surface area (Å²) >= 11 is 0. The number of carbonyl (C=O) groups is 3. The SMILES string of the molecule is Cc1cccc(NCc2cc(CN3CC(C)(C)OC(C)(C)C3)ccc2F)c1CN(C=O)CC(=O)NC(=O)CO. The van der Waals surface area contributed by atoms with Crippen molar-refractivity contribution in [2.45, 2.75) is 65.5 Å². The van der Waals surface area contributed by atoms with Gasteiger partial charge in [-0.2, -0.15) is 0 Å². The fourth-order valence-electron chi connectivity index (χ4n) is 5.20. The van der Waals surface area contributed by atoms with Crippen LogP contribution in [0.2, 0.25) is 0 Å². The van der Waals surface area contributed by atoms with E-state index in [-0.39, 0.29) is 36.7 Å². The number of anilines is 1. The Bertz CT molecular complexity index is 1180. The number of hydrogen-bond donors (Lipinski definition) is 3. The van der Waals surface area contributed by atoms with Gasteiger partial charge in [0.25, 0.3) is 5.91 Å². The number of ether oxygens (including phenoxy) is 1. The van der Waals surface area contributed by atoms with Crippen molar-refractivity contribution < 1.29 is 28.6 Å². The molecule has 1 fully saturated rings. The maximum Gasteiger partial charge on any atom is 0.252 e. The number of rotatable bonds is 11. The summed E-state index contributed by atoms with van der Waals surface area (Å²) < 4.78 is 21.0. The summed E-state index contributed by atoms with van der Waals surface area (Å²) in [6, 6.07) is 10.7. The van der Waals surface area contributed by atoms with Gasteiger partial charge in [-0.25, -0.2) is 4.39 Å². The van der Waals surface area contributed by atoms with E-state index < -0.39 is 18.4 Å². The first-order chi connectivity index (χ1) is 18.3. The van der Waals surface area contributed by atoms with Crippen LogP contribution in [0.25, 0.3) is 0 Å². The summed E-state index contributed by atoms with van der Waals surface area (Å²) in [5, 5.41) is 14.1. The normalized spacial score (nSPS) is 16.4. The van der Waals surface area contributed by atoms with Crippen molar-refractivity contribution in [2.24, 2.45) is 0 Å². The Morgan fingerprint density at radius 3 is 2.46 bits per heavy atom. The van der Waals surface area contributed by atoms with Crippen LogP contribution in [-0.4, -0.2) is 70.6 Å². The standard InChI is InChI=1S/C29H39FN4O5/c1-20-7-6-8-25(23(20)14-33(19-36)15-26(37)32-27(38)16-35)31-12-22-11-21(9-10-24(22)30)13-34-17-28(2,3)39-29(4,5)18-34/h6-11,19,31,35H,12-18H2,1-5H3,(H,32,37,38). The molecule has 2 aromatic rings. The molecule has 1 aliphatic heterocycles. The van der Waals surface area contributed by atoms with E-state index in [9.17, 15) is 18.8 Å². The molecule has 3 rings (SSSR count). The molecule has 3 N–H and O–H groups in total. The second-order valence-electron chi connectivity index (χ2n) is 11.3. The zero-order valence-corrected chi connectivity index (χ0v) is 23.3. The smallest absolute Gasteiger partial charge is 0.252 e. The first-order valence-electron chi connectivity index (χ1n) is 13.0. The van der Waals surface area contributed by atoms with Gasteiger partial charge in [-0.15, -0.1) is 0 Å². The van der Waals surface area contributed by atoms with Gasteiger partial charge >= 0.3 is 0 Å². The first-order valence-corrected chi connectivity index (χ1v) is 13.0. The van der Waals surface area contributed by atoms with E-state index in [0.29, 0.717) is 24.2 Å². The highest BCUT2D eigenvalue weighted by molar-refractivity contribution is 5.97. The molecule has 0 spiro atoms. The molecular weight excluding hydrogens is 503 g/mol. The molecule has 39 heavy (non-hydrogen) atoms. The molecule has 0 radical (unpaired) electrons. The quantitative estimate of drug-likeness (QED) is 0.375. The van der Waals surface area contributed by atoms with E-state index in [2.05, 4.69) is 37.9 Å². The molecule has 212 valence electrons. The van der Waals surface area contributed by atoms with Crippen LogP contribution in [-0.2, 0) is 38.8 Å². The zero-order chi connectivity index (χ0) is 28.8. The predicted molar refractivity (Wildman–Crippen MR) is 146 cm³/mol. The van der Waals surface area contributed by atoms with Crippen molar-refractivity contribution in [3.8, 4) is 0 Å². The fourth-order valence-corrected chi connectivity index (χ4v) is 5.20. The van der Waals surface area contributed by atoms with Gasteiger partial charge in [0, 0.05) is 44.0 Å². The van der Waals surface area contributed by atoms with E-state index in [1.54, 1.807) is 6.07 Å².